The Labute approximate surface area is 676 Å². The number of primary amides is 1. The third-order valence-corrected chi connectivity index (χ3v) is 19.4. The van der Waals surface area contributed by atoms with Crippen LogP contribution < -0.4 is 70.4 Å². The Hall–Kier alpha value is -11.9. The zero-order valence-corrected chi connectivity index (χ0v) is 65.6. The van der Waals surface area contributed by atoms with E-state index in [9.17, 15) is 101 Å². The summed E-state index contributed by atoms with van der Waals surface area (Å²) in [5.74, 6) is -27.4. The molecule has 11 amide bonds. The predicted molar refractivity (Wildman–Crippen MR) is 418 cm³/mol. The zero-order chi connectivity index (χ0) is 86.1. The van der Waals surface area contributed by atoms with Crippen LogP contribution in [0.1, 0.15) is 160 Å². The van der Waals surface area contributed by atoms with Gasteiger partial charge < -0.3 is 99.4 Å². The number of ether oxygens (including phenoxy) is 3. The topological polar surface area (TPSA) is 613 Å². The second-order valence-electron chi connectivity index (χ2n) is 28.6. The number of unbranched alkanes of at least 4 members (excludes halogenated alkanes) is 6. The molecule has 0 aliphatic carbocycles. The van der Waals surface area contributed by atoms with Gasteiger partial charge in [-0.1, -0.05) is 97.1 Å². The molecule has 1 saturated heterocycles. The number of amides is 11. The summed E-state index contributed by atoms with van der Waals surface area (Å²) >= 11 is 0. The molecule has 18 N–H and O–H groups in total. The number of aliphatic hydroxyl groups excluding tert-OH is 1. The summed E-state index contributed by atoms with van der Waals surface area (Å²) in [6, 6.07) is -1.57. The first-order valence-electron chi connectivity index (χ1n) is 38.1. The summed E-state index contributed by atoms with van der Waals surface area (Å²) in [5, 5.41) is 45.1. The van der Waals surface area contributed by atoms with E-state index < -0.39 is 262 Å². The summed E-state index contributed by atoms with van der Waals surface area (Å²) in [7, 11) is 1.76. The van der Waals surface area contributed by atoms with Gasteiger partial charge in [0.15, 0.2) is 28.9 Å². The number of aromatic nitrogens is 1. The number of aliphatic carboxylic acids is 1. The van der Waals surface area contributed by atoms with Crippen molar-refractivity contribution >= 4 is 136 Å². The van der Waals surface area contributed by atoms with Gasteiger partial charge in [0.2, 0.25) is 65.0 Å². The van der Waals surface area contributed by atoms with Gasteiger partial charge in [0.1, 0.15) is 43.4 Å². The van der Waals surface area contributed by atoms with Crippen LogP contribution in [0.2, 0.25) is 0 Å². The van der Waals surface area contributed by atoms with E-state index in [2.05, 4.69) is 60.1 Å². The first-order valence-corrected chi connectivity index (χ1v) is 38.1. The molecule has 2 aromatic carbocycles. The highest BCUT2D eigenvalue weighted by molar-refractivity contribution is 6.06. The first kappa shape index (κ1) is 99.3. The fourth-order valence-electron chi connectivity index (χ4n) is 12.9. The summed E-state index contributed by atoms with van der Waals surface area (Å²) in [6.07, 6.45) is 0.591. The van der Waals surface area contributed by atoms with E-state index in [-0.39, 0.29) is 70.3 Å². The minimum absolute atomic E-state index is 0. The number of rotatable bonds is 39. The predicted octanol–water partition coefficient (Wildman–Crippen LogP) is -1.95. The zero-order valence-electron chi connectivity index (χ0n) is 65.6. The van der Waals surface area contributed by atoms with E-state index in [1.165, 1.54) is 38.1 Å². The lowest BCUT2D eigenvalue weighted by atomic mass is 9.86. The maximum atomic E-state index is 15.1. The van der Waals surface area contributed by atoms with Gasteiger partial charge in [-0.25, -0.2) is 0 Å². The highest BCUT2D eigenvalue weighted by Gasteiger charge is 2.41. The number of carboxylic acid groups (broad SMARTS) is 1. The normalized spacial score (nSPS) is 21.1. The number of Topliss-reactive ketones (excluding diaryl/α,β-unsaturated/α-hetero) is 5. The van der Waals surface area contributed by atoms with Crippen LogP contribution in [-0.2, 0) is 119 Å². The third-order valence-electron chi connectivity index (χ3n) is 19.4. The quantitative estimate of drug-likeness (QED) is 0.00971. The largest absolute Gasteiger partial charge is 0.481 e. The third kappa shape index (κ3) is 33.8. The number of nitrogens with one attached hydrogen (secondary N) is 10. The first-order chi connectivity index (χ1) is 55.2. The van der Waals surface area contributed by atoms with Crippen LogP contribution in [-0.4, -0.2) is 228 Å². The van der Waals surface area contributed by atoms with Gasteiger partial charge >= 0.3 is 5.97 Å². The Morgan fingerprint density at radius 1 is 0.641 bits per heavy atom. The Bertz CT molecular complexity index is 3980. The monoisotopic (exact) mass is 1640 g/mol. The summed E-state index contributed by atoms with van der Waals surface area (Å²) in [4.78, 5) is 274. The molecule has 39 nitrogen and oxygen atoms in total. The number of para-hydroxylation sites is 2. The summed E-state index contributed by atoms with van der Waals surface area (Å²) in [5.41, 5.74) is 18.7. The number of benzene rings is 2. The second-order valence-corrected chi connectivity index (χ2v) is 28.6. The maximum absolute atomic E-state index is 15.1. The Morgan fingerprint density at radius 2 is 1.24 bits per heavy atom. The van der Waals surface area contributed by atoms with Crippen molar-refractivity contribution in [3.63, 3.8) is 0 Å². The minimum Gasteiger partial charge on any atom is -0.481 e. The minimum atomic E-state index is -2.12. The number of carbonyl (C=O) groups is 20. The molecule has 1 fully saturated rings. The van der Waals surface area contributed by atoms with Crippen molar-refractivity contribution in [1.82, 2.24) is 57.7 Å². The summed E-state index contributed by atoms with van der Waals surface area (Å²) < 4.78 is 16.3. The Kier molecular flexibility index (Phi) is 44.0. The molecule has 117 heavy (non-hydrogen) atoms. The fraction of sp³-hybridized carbons (Fsp3) is 0.564. The van der Waals surface area contributed by atoms with Crippen LogP contribution in [0.5, 0.6) is 0 Å². The van der Waals surface area contributed by atoms with Crippen LogP contribution in [0.25, 0.3) is 10.9 Å². The maximum Gasteiger partial charge on any atom is 0.304 e. The Morgan fingerprint density at radius 3 is 1.87 bits per heavy atom. The van der Waals surface area contributed by atoms with Crippen LogP contribution in [0.15, 0.2) is 54.7 Å². The van der Waals surface area contributed by atoms with Crippen molar-refractivity contribution < 1.29 is 120 Å². The highest BCUT2D eigenvalue weighted by atomic mass is 16.5. The molecule has 39 heteroatoms. The number of hydrogen-bond acceptors (Lipinski definition) is 26. The van der Waals surface area contributed by atoms with Gasteiger partial charge in [0.25, 0.3) is 19.4 Å². The molecule has 0 saturated carbocycles. The van der Waals surface area contributed by atoms with Gasteiger partial charge in [-0.2, -0.15) is 0 Å². The molecule has 3 aromatic rings. The molecule has 1 unspecified atom stereocenters. The number of hydrogen-bond donors (Lipinski definition) is 15. The van der Waals surface area contributed by atoms with Crippen LogP contribution in [0, 0.1) is 29.6 Å². The van der Waals surface area contributed by atoms with Crippen molar-refractivity contribution in [3.05, 3.63) is 65.9 Å². The van der Waals surface area contributed by atoms with Crippen LogP contribution in [0.4, 0.5) is 5.69 Å². The molecular weight excluding hydrogens is 1530 g/mol. The van der Waals surface area contributed by atoms with E-state index >= 15 is 4.79 Å². The number of carbonyl (C=O) groups excluding carboxylic acids is 19. The number of anilines is 1. The lowest BCUT2D eigenvalue weighted by molar-refractivity contribution is -0.143. The van der Waals surface area contributed by atoms with Crippen molar-refractivity contribution in [2.24, 2.45) is 48.1 Å². The van der Waals surface area contributed by atoms with Gasteiger partial charge in [-0.05, 0) is 62.4 Å². The molecule has 13 atom stereocenters. The number of carboxylic acids is 1. The van der Waals surface area contributed by atoms with Crippen molar-refractivity contribution in [2.75, 3.05) is 51.8 Å². The molecule has 2 heterocycles. The van der Waals surface area contributed by atoms with Crippen molar-refractivity contribution in [1.29, 1.82) is 0 Å². The SMILES string of the molecule is C.CCCCCCCCCC(=O)N[C@@H](Cc1cn(C)c2ccccc12)C(=O)N[C@H](CC(N)=O)C(=O)C[C@@H](CC(=O)O)C(=O)N[C@@H]1C(=O)NCC(=O)N[C@@H](CCCN)C(=O)C[C@@H](COC=O)C(=O)N[C@H](C)C(=O)N[C@@H](COC=O)C(=O)NCC(=O)N[C@H](CO)C(=O)C[C@@H](C(C)COC=O)C(=O)N[C@@H](CC(=O)c2ccccc2N)C(=O)C[C@@H]1C. The lowest BCUT2D eigenvalue weighted by Gasteiger charge is -2.29. The van der Waals surface area contributed by atoms with Crippen molar-refractivity contribution in [3.8, 4) is 0 Å². The average molecular weight is 1650 g/mol. The van der Waals surface area contributed by atoms with Crippen molar-refractivity contribution in [2.45, 2.75) is 199 Å². The average Bonchev–Trinajstić information content (AvgIpc) is 1.67. The number of nitrogens with zero attached hydrogens (tertiary/aromatic N) is 1. The number of nitrogens with two attached hydrogens (primary N) is 3. The number of fused-ring (bicyclic) bond motifs is 1. The summed E-state index contributed by atoms with van der Waals surface area (Å²) in [6.45, 7) is -0.0813. The number of nitrogen functional groups attached to an aromatic ring is 1. The van der Waals surface area contributed by atoms with Crippen LogP contribution >= 0.6 is 0 Å². The van der Waals surface area contributed by atoms with E-state index in [1.54, 1.807) is 36.0 Å². The number of aryl methyl sites for hydroxylation is 1. The molecule has 4 rings (SSSR count). The van der Waals surface area contributed by atoms with E-state index in [0.29, 0.717) is 17.4 Å². The molecule has 0 radical (unpaired) electrons. The van der Waals surface area contributed by atoms with Gasteiger partial charge in [0, 0.05) is 86.3 Å². The fourth-order valence-corrected chi connectivity index (χ4v) is 12.9. The van der Waals surface area contributed by atoms with E-state index in [1.807, 2.05) is 6.07 Å². The Balaban J connectivity index is 0.0000354. The van der Waals surface area contributed by atoms with Gasteiger partial charge in [-0.3, -0.25) is 95.9 Å². The number of ketones is 5. The second kappa shape index (κ2) is 51.8. The van der Waals surface area contributed by atoms with Gasteiger partial charge in [0.05, 0.1) is 75.0 Å². The van der Waals surface area contributed by atoms with E-state index in [0.717, 1.165) is 51.0 Å². The van der Waals surface area contributed by atoms with Crippen LogP contribution in [0.3, 0.4) is 0 Å². The van der Waals surface area contributed by atoms with Gasteiger partial charge in [-0.15, -0.1) is 0 Å². The smallest absolute Gasteiger partial charge is 0.304 e. The molecule has 1 aromatic heterocycles. The number of aliphatic hydroxyl groups is 1. The van der Waals surface area contributed by atoms with E-state index in [4.69, 9.17) is 31.4 Å². The molecule has 0 bridgehead atoms. The lowest BCUT2D eigenvalue weighted by Crippen LogP contribution is -2.56. The molecule has 1 aliphatic heterocycles. The molecular formula is C78H112N14O25. The molecule has 0 spiro atoms. The highest BCUT2D eigenvalue weighted by Crippen LogP contribution is 2.26. The molecule has 644 valence electrons. The standard InChI is InChI=1S/C77H108N14O25.CH4/c1-6-7-8-9-10-11-12-23-66(102)85-56(26-47-35-91(5)59-22-16-14-18-49(47)59)76(112)88-55(32-65(80)101)63(99)27-46(29-69(105)106)72(108)90-70-43(2)25-61(97)54(31-60(96)50-19-13-15-20-52(50)79)87-74(110)51(44(3)37-114-40-93)30-64(100)57(36-92)86-68(104)33-81-75(111)58(39-116-42-95)89-71(107)45(4)83-73(109)48(38-115-41-94)28-62(98)53(21-17-24-78)84-67(103)34-82-77(70)113;/h13-16,18-20,22,35,40-46,48,51,53-58,70,92H,6-12,17,21,23-34,36-39,78-79H2,1-5H3,(H2,80,101)(H,81,111)(H,82,113)(H,83,109)(H,84,103)(H,85,102)(H,86,104)(H,87,110)(H,88,112)(H,89,107)(H,90,108)(H,105,106);1H4/t43-,44?,45+,46-,48-,51-,53-,54-,55+,56-,57+,58-,70-;/m0./s1. The molecule has 1 aliphatic rings.